The number of benzene rings is 2. The minimum absolute atomic E-state index is 0.0176. The van der Waals surface area contributed by atoms with Crippen molar-refractivity contribution in [3.05, 3.63) is 75.6 Å². The second-order valence-electron chi connectivity index (χ2n) is 10.7. The molecule has 198 valence electrons. The number of nitrogens with zero attached hydrogens (tertiary/aromatic N) is 3. The van der Waals surface area contributed by atoms with Gasteiger partial charge < -0.3 is 21.3 Å². The fraction of sp³-hybridized carbons (Fsp3) is 0.379. The van der Waals surface area contributed by atoms with Gasteiger partial charge in [0.15, 0.2) is 0 Å². The topological polar surface area (TPSA) is 113 Å². The molecule has 2 aliphatic rings. The summed E-state index contributed by atoms with van der Waals surface area (Å²) in [5, 5.41) is 6.85. The summed E-state index contributed by atoms with van der Waals surface area (Å²) in [6.45, 7) is 7.35. The molecule has 1 aromatic heterocycles. The number of primary amides is 1. The molecular formula is C29H33ClN6O2. The Hall–Kier alpha value is -3.65. The Balaban J connectivity index is 1.28. The fourth-order valence-corrected chi connectivity index (χ4v) is 5.75. The minimum atomic E-state index is -0.573. The average Bonchev–Trinajstić information content (AvgIpc) is 3.13. The summed E-state index contributed by atoms with van der Waals surface area (Å²) < 4.78 is 0. The lowest BCUT2D eigenvalue weighted by molar-refractivity contribution is -0.119. The van der Waals surface area contributed by atoms with Crippen molar-refractivity contribution in [2.24, 2.45) is 5.73 Å². The molecule has 8 nitrogen and oxygen atoms in total. The summed E-state index contributed by atoms with van der Waals surface area (Å²) in [6.07, 6.45) is 4.78. The van der Waals surface area contributed by atoms with E-state index in [1.807, 2.05) is 26.0 Å². The fourth-order valence-electron chi connectivity index (χ4n) is 5.57. The van der Waals surface area contributed by atoms with Crippen molar-refractivity contribution in [1.29, 1.82) is 0 Å². The average molecular weight is 533 g/mol. The van der Waals surface area contributed by atoms with E-state index in [0.717, 1.165) is 46.6 Å². The van der Waals surface area contributed by atoms with E-state index in [2.05, 4.69) is 46.8 Å². The number of rotatable bonds is 6. The van der Waals surface area contributed by atoms with Gasteiger partial charge >= 0.3 is 6.03 Å². The van der Waals surface area contributed by atoms with Crippen LogP contribution in [-0.2, 0) is 23.1 Å². The van der Waals surface area contributed by atoms with E-state index < -0.39 is 5.41 Å². The van der Waals surface area contributed by atoms with Crippen LogP contribution in [-0.4, -0.2) is 39.9 Å². The zero-order valence-electron chi connectivity index (χ0n) is 22.0. The van der Waals surface area contributed by atoms with Gasteiger partial charge in [0, 0.05) is 24.5 Å². The van der Waals surface area contributed by atoms with Gasteiger partial charge in [-0.3, -0.25) is 4.79 Å². The maximum absolute atomic E-state index is 12.4. The molecule has 0 radical (unpaired) electrons. The molecule has 3 amide bonds. The highest BCUT2D eigenvalue weighted by molar-refractivity contribution is 6.31. The molecule has 38 heavy (non-hydrogen) atoms. The van der Waals surface area contributed by atoms with E-state index in [9.17, 15) is 9.59 Å². The third-order valence-corrected chi connectivity index (χ3v) is 8.13. The molecule has 0 aliphatic carbocycles. The van der Waals surface area contributed by atoms with Gasteiger partial charge in [-0.2, -0.15) is 0 Å². The van der Waals surface area contributed by atoms with Crippen LogP contribution in [0.1, 0.15) is 60.6 Å². The lowest BCUT2D eigenvalue weighted by Gasteiger charge is -2.31. The second kappa shape index (κ2) is 10.3. The van der Waals surface area contributed by atoms with Gasteiger partial charge in [-0.25, -0.2) is 14.8 Å². The third-order valence-electron chi connectivity index (χ3n) is 7.81. The first kappa shape index (κ1) is 26.0. The largest absolute Gasteiger partial charge is 0.351 e. The van der Waals surface area contributed by atoms with Crippen LogP contribution in [0.4, 0.5) is 22.1 Å². The predicted octanol–water partition coefficient (Wildman–Crippen LogP) is 5.46. The zero-order valence-corrected chi connectivity index (χ0v) is 22.7. The summed E-state index contributed by atoms with van der Waals surface area (Å²) in [6, 6.07) is 12.0. The first-order chi connectivity index (χ1) is 18.1. The molecule has 4 N–H and O–H groups in total. The minimum Gasteiger partial charge on any atom is -0.351 e. The number of halogens is 1. The van der Waals surface area contributed by atoms with Gasteiger partial charge in [0.05, 0.1) is 22.3 Å². The van der Waals surface area contributed by atoms with Gasteiger partial charge in [0.2, 0.25) is 11.9 Å². The molecule has 9 heteroatoms. The number of carbonyl (C=O) groups is 2. The van der Waals surface area contributed by atoms with Gasteiger partial charge in [-0.05, 0) is 86.8 Å². The van der Waals surface area contributed by atoms with Crippen molar-refractivity contribution < 1.29 is 9.59 Å². The lowest BCUT2D eigenvalue weighted by atomic mass is 9.82. The van der Waals surface area contributed by atoms with Crippen molar-refractivity contribution in [3.8, 4) is 0 Å². The van der Waals surface area contributed by atoms with Crippen LogP contribution in [0.25, 0.3) is 0 Å². The normalized spacial score (nSPS) is 16.7. The smallest absolute Gasteiger partial charge is 0.314 e. The highest BCUT2D eigenvalue weighted by atomic mass is 35.5. The molecule has 0 unspecified atom stereocenters. The first-order valence-electron chi connectivity index (χ1n) is 13.0. The van der Waals surface area contributed by atoms with Gasteiger partial charge in [-0.15, -0.1) is 0 Å². The van der Waals surface area contributed by atoms with Crippen molar-refractivity contribution in [3.63, 3.8) is 0 Å². The van der Waals surface area contributed by atoms with Crippen molar-refractivity contribution in [2.45, 2.75) is 57.8 Å². The van der Waals surface area contributed by atoms with Crippen molar-refractivity contribution in [2.75, 3.05) is 23.7 Å². The third kappa shape index (κ3) is 5.05. The Labute approximate surface area is 228 Å². The quantitative estimate of drug-likeness (QED) is 0.390. The Kier molecular flexibility index (Phi) is 7.01. The molecule has 2 aromatic carbocycles. The molecule has 0 atom stereocenters. The van der Waals surface area contributed by atoms with Crippen LogP contribution in [0.3, 0.4) is 0 Å². The van der Waals surface area contributed by atoms with E-state index in [-0.39, 0.29) is 11.9 Å². The van der Waals surface area contributed by atoms with Crippen LogP contribution >= 0.6 is 11.6 Å². The number of likely N-dealkylation sites (tertiary alicyclic amines) is 1. The van der Waals surface area contributed by atoms with Crippen molar-refractivity contribution in [1.82, 2.24) is 14.9 Å². The predicted molar refractivity (Wildman–Crippen MR) is 150 cm³/mol. The number of amides is 3. The number of urea groups is 1. The summed E-state index contributed by atoms with van der Waals surface area (Å²) >= 11 is 6.48. The van der Waals surface area contributed by atoms with Gasteiger partial charge in [-0.1, -0.05) is 35.9 Å². The number of carbonyl (C=O) groups excluding carboxylic acids is 2. The van der Waals surface area contributed by atoms with Crippen LogP contribution < -0.4 is 16.4 Å². The van der Waals surface area contributed by atoms with Crippen LogP contribution in [0.5, 0.6) is 0 Å². The maximum atomic E-state index is 12.4. The highest BCUT2D eigenvalue weighted by Crippen LogP contribution is 2.40. The number of piperidine rings is 1. The molecule has 0 saturated carbocycles. The second-order valence-corrected chi connectivity index (χ2v) is 11.1. The number of aryl methyl sites for hydroxylation is 3. The van der Waals surface area contributed by atoms with Crippen LogP contribution in [0, 0.1) is 6.92 Å². The molecule has 0 spiro atoms. The molecule has 1 saturated heterocycles. The number of hydrogen-bond acceptors (Lipinski definition) is 5. The monoisotopic (exact) mass is 532 g/mol. The first-order valence-corrected chi connectivity index (χ1v) is 13.4. The zero-order chi connectivity index (χ0) is 27.0. The van der Waals surface area contributed by atoms with E-state index in [1.54, 1.807) is 11.1 Å². The van der Waals surface area contributed by atoms with Crippen LogP contribution in [0.15, 0.2) is 42.6 Å². The molecule has 0 bridgehead atoms. The summed E-state index contributed by atoms with van der Waals surface area (Å²) in [7, 11) is 0. The van der Waals surface area contributed by atoms with E-state index in [1.165, 1.54) is 5.56 Å². The maximum Gasteiger partial charge on any atom is 0.314 e. The number of aromatic nitrogens is 2. The number of fused-ring (bicyclic) bond motifs is 1. The van der Waals surface area contributed by atoms with Gasteiger partial charge in [0.25, 0.3) is 0 Å². The molecule has 3 aromatic rings. The van der Waals surface area contributed by atoms with E-state index in [4.69, 9.17) is 22.3 Å². The SMILES string of the molecule is Cc1cc(C2CCN(C(N)=O)CC2)ccc1Nc1ncc(Cl)c(CCc2cccc3c2C(C)(C)C(=O)N3)n1. The number of hydrogen-bond donors (Lipinski definition) is 3. The molecular weight excluding hydrogens is 500 g/mol. The summed E-state index contributed by atoms with van der Waals surface area (Å²) in [4.78, 5) is 34.7. The Bertz CT molecular complexity index is 1400. The Morgan fingerprint density at radius 3 is 2.68 bits per heavy atom. The summed E-state index contributed by atoms with van der Waals surface area (Å²) in [5.41, 5.74) is 11.9. The molecule has 5 rings (SSSR count). The van der Waals surface area contributed by atoms with Crippen molar-refractivity contribution >= 4 is 40.9 Å². The number of anilines is 3. The Morgan fingerprint density at radius 1 is 1.21 bits per heavy atom. The standard InChI is InChI=1S/C29H33ClN6O2/c1-17-15-20(18-11-13-36(14-12-18)27(31)38)8-9-22(17)34-28-32-16-21(30)23(35-28)10-7-19-5-4-6-24-25(19)29(2,3)26(37)33-24/h4-6,8-9,15-16,18H,7,10-14H2,1-3H3,(H2,31,38)(H,33,37)(H,32,34,35). The summed E-state index contributed by atoms with van der Waals surface area (Å²) in [5.74, 6) is 0.918. The lowest BCUT2D eigenvalue weighted by Crippen LogP contribution is -2.41. The number of nitrogens with two attached hydrogens (primary N) is 1. The van der Waals surface area contributed by atoms with E-state index >= 15 is 0 Å². The highest BCUT2D eigenvalue weighted by Gasteiger charge is 2.39. The molecule has 2 aliphatic heterocycles. The van der Waals surface area contributed by atoms with Crippen LogP contribution in [0.2, 0.25) is 5.02 Å². The Morgan fingerprint density at radius 2 is 1.97 bits per heavy atom. The molecule has 3 heterocycles. The molecule has 1 fully saturated rings. The van der Waals surface area contributed by atoms with Gasteiger partial charge in [0.1, 0.15) is 0 Å². The van der Waals surface area contributed by atoms with E-state index in [0.29, 0.717) is 42.8 Å². The number of nitrogens with one attached hydrogen (secondary N) is 2.